The van der Waals surface area contributed by atoms with Gasteiger partial charge in [0.25, 0.3) is 5.56 Å². The summed E-state index contributed by atoms with van der Waals surface area (Å²) in [5.41, 5.74) is 2.07. The topological polar surface area (TPSA) is 67.9 Å². The number of H-pyrrole nitrogens is 1. The van der Waals surface area contributed by atoms with Gasteiger partial charge in [-0.3, -0.25) is 9.78 Å². The lowest BCUT2D eigenvalue weighted by molar-refractivity contribution is -0.274. The smallest absolute Gasteiger partial charge is 0.405 e. The second-order valence-electron chi connectivity index (χ2n) is 5.36. The van der Waals surface area contributed by atoms with E-state index in [1.807, 2.05) is 0 Å². The molecule has 1 aliphatic rings. The molecule has 24 heavy (non-hydrogen) atoms. The molecule has 2 heterocycles. The van der Waals surface area contributed by atoms with Crippen LogP contribution in [0, 0.1) is 6.92 Å². The molecule has 0 saturated heterocycles. The summed E-state index contributed by atoms with van der Waals surface area (Å²) in [5.74, 6) is -0.127. The van der Waals surface area contributed by atoms with Crippen molar-refractivity contribution in [3.05, 3.63) is 45.1 Å². The van der Waals surface area contributed by atoms with Gasteiger partial charge in [0.05, 0.1) is 5.69 Å². The molecular formula is C15H14F3N3O2S. The largest absolute Gasteiger partial charge is 0.573 e. The molecular weight excluding hydrogens is 343 g/mol. The maximum absolute atomic E-state index is 12.5. The van der Waals surface area contributed by atoms with Crippen molar-refractivity contribution in [3.8, 4) is 5.75 Å². The fourth-order valence-electron chi connectivity index (χ4n) is 2.60. The molecule has 9 heteroatoms. The number of pyridine rings is 1. The Morgan fingerprint density at radius 1 is 1.38 bits per heavy atom. The molecule has 0 bridgehead atoms. The Bertz CT molecular complexity index is 821. The predicted molar refractivity (Wildman–Crippen MR) is 82.1 cm³/mol. The van der Waals surface area contributed by atoms with Gasteiger partial charge in [-0.25, -0.2) is 4.98 Å². The fourth-order valence-corrected chi connectivity index (χ4v) is 3.57. The first kappa shape index (κ1) is 16.8. The van der Waals surface area contributed by atoms with Crippen LogP contribution >= 0.6 is 11.8 Å². The number of hydrogen-bond donors (Lipinski definition) is 1. The number of aromatic amines is 1. The first-order valence-corrected chi connectivity index (χ1v) is 8.27. The molecule has 1 N–H and O–H groups in total. The molecule has 0 atom stereocenters. The second-order valence-corrected chi connectivity index (χ2v) is 6.32. The van der Waals surface area contributed by atoms with Gasteiger partial charge >= 0.3 is 6.36 Å². The molecule has 0 saturated carbocycles. The summed E-state index contributed by atoms with van der Waals surface area (Å²) < 4.78 is 41.6. The zero-order valence-corrected chi connectivity index (χ0v) is 13.6. The van der Waals surface area contributed by atoms with Crippen LogP contribution in [0.4, 0.5) is 13.2 Å². The van der Waals surface area contributed by atoms with Crippen LogP contribution in [0.25, 0.3) is 0 Å². The van der Waals surface area contributed by atoms with Gasteiger partial charge in [-0.15, -0.1) is 13.2 Å². The minimum Gasteiger partial charge on any atom is -0.405 e. The second kappa shape index (κ2) is 6.46. The number of ether oxygens (including phenoxy) is 1. The zero-order chi connectivity index (χ0) is 17.3. The first-order chi connectivity index (χ1) is 11.3. The highest BCUT2D eigenvalue weighted by Gasteiger charge is 2.32. The normalized spacial score (nSPS) is 13.8. The summed E-state index contributed by atoms with van der Waals surface area (Å²) in [7, 11) is 0. The van der Waals surface area contributed by atoms with Crippen LogP contribution in [0.1, 0.15) is 28.9 Å². The fraction of sp³-hybridized carbons (Fsp3) is 0.400. The Hall–Kier alpha value is -2.03. The molecule has 0 radical (unpaired) electrons. The van der Waals surface area contributed by atoms with Gasteiger partial charge in [-0.05, 0) is 32.3 Å². The van der Waals surface area contributed by atoms with E-state index in [4.69, 9.17) is 0 Å². The van der Waals surface area contributed by atoms with E-state index in [9.17, 15) is 18.0 Å². The van der Waals surface area contributed by atoms with Crippen LogP contribution in [0.5, 0.6) is 5.75 Å². The van der Waals surface area contributed by atoms with Crippen LogP contribution in [0.3, 0.4) is 0 Å². The van der Waals surface area contributed by atoms with E-state index in [0.29, 0.717) is 28.4 Å². The van der Waals surface area contributed by atoms with Crippen molar-refractivity contribution in [1.82, 2.24) is 15.0 Å². The summed E-state index contributed by atoms with van der Waals surface area (Å²) in [6.07, 6.45) is -1.15. The molecule has 0 unspecified atom stereocenters. The summed E-state index contributed by atoms with van der Waals surface area (Å²) >= 11 is 1.15. The van der Waals surface area contributed by atoms with Gasteiger partial charge in [0.1, 0.15) is 5.75 Å². The molecule has 1 aliphatic carbocycles. The molecule has 0 aliphatic heterocycles. The van der Waals surface area contributed by atoms with E-state index in [1.165, 1.54) is 12.3 Å². The molecule has 0 aromatic carbocycles. The van der Waals surface area contributed by atoms with E-state index in [0.717, 1.165) is 30.3 Å². The number of nitrogens with zero attached hydrogens (tertiary/aromatic N) is 2. The Balaban J connectivity index is 1.82. The Kier molecular flexibility index (Phi) is 4.53. The number of aryl methyl sites for hydroxylation is 2. The maximum atomic E-state index is 12.5. The van der Waals surface area contributed by atoms with Gasteiger partial charge < -0.3 is 9.72 Å². The van der Waals surface area contributed by atoms with Crippen molar-refractivity contribution in [2.75, 3.05) is 0 Å². The standard InChI is InChI=1S/C15H14F3N3O2S/c1-8-10(12(5-6-19-8)23-15(16,17)18)7-24-14-20-11-4-2-3-9(11)13(22)21-14/h5-6H,2-4,7H2,1H3,(H,20,21,22). The number of alkyl halides is 3. The zero-order valence-electron chi connectivity index (χ0n) is 12.7. The summed E-state index contributed by atoms with van der Waals surface area (Å²) in [6, 6.07) is 1.18. The van der Waals surface area contributed by atoms with Gasteiger partial charge in [-0.1, -0.05) is 11.8 Å². The van der Waals surface area contributed by atoms with Crippen LogP contribution in [-0.4, -0.2) is 21.3 Å². The lowest BCUT2D eigenvalue weighted by atomic mass is 10.2. The molecule has 0 amide bonds. The number of rotatable bonds is 4. The third-order valence-corrected chi connectivity index (χ3v) is 4.63. The summed E-state index contributed by atoms with van der Waals surface area (Å²) in [5, 5.41) is 0.391. The van der Waals surface area contributed by atoms with Crippen molar-refractivity contribution in [1.29, 1.82) is 0 Å². The average Bonchev–Trinajstić information content (AvgIpc) is 2.94. The van der Waals surface area contributed by atoms with Crippen molar-refractivity contribution >= 4 is 11.8 Å². The predicted octanol–water partition coefficient (Wildman–Crippen LogP) is 3.15. The number of halogens is 3. The van der Waals surface area contributed by atoms with Gasteiger partial charge in [0, 0.05) is 28.8 Å². The third-order valence-electron chi connectivity index (χ3n) is 3.73. The van der Waals surface area contributed by atoms with Crippen LogP contribution in [0.15, 0.2) is 22.2 Å². The lowest BCUT2D eigenvalue weighted by Gasteiger charge is -2.14. The minimum absolute atomic E-state index is 0.160. The van der Waals surface area contributed by atoms with Crippen molar-refractivity contribution in [2.45, 2.75) is 43.5 Å². The maximum Gasteiger partial charge on any atom is 0.573 e. The van der Waals surface area contributed by atoms with Gasteiger partial charge in [0.2, 0.25) is 0 Å². The summed E-state index contributed by atoms with van der Waals surface area (Å²) in [4.78, 5) is 23.0. The Morgan fingerprint density at radius 2 is 2.17 bits per heavy atom. The Morgan fingerprint density at radius 3 is 2.92 bits per heavy atom. The lowest BCUT2D eigenvalue weighted by Crippen LogP contribution is -2.18. The first-order valence-electron chi connectivity index (χ1n) is 7.28. The summed E-state index contributed by atoms with van der Waals surface area (Å²) in [6.45, 7) is 1.61. The molecule has 128 valence electrons. The van der Waals surface area contributed by atoms with Crippen molar-refractivity contribution in [2.24, 2.45) is 0 Å². The number of nitrogens with one attached hydrogen (secondary N) is 1. The number of thioether (sulfide) groups is 1. The highest BCUT2D eigenvalue weighted by atomic mass is 32.2. The van der Waals surface area contributed by atoms with E-state index in [-0.39, 0.29) is 17.1 Å². The Labute approximate surface area is 139 Å². The molecule has 2 aromatic rings. The van der Waals surface area contributed by atoms with E-state index in [1.54, 1.807) is 6.92 Å². The monoisotopic (exact) mass is 357 g/mol. The van der Waals surface area contributed by atoms with Gasteiger partial charge in [0.15, 0.2) is 5.16 Å². The van der Waals surface area contributed by atoms with E-state index < -0.39 is 6.36 Å². The minimum atomic E-state index is -4.77. The SMILES string of the molecule is Cc1nccc(OC(F)(F)F)c1CSc1nc2c(c(=O)[nH]1)CCC2. The highest BCUT2D eigenvalue weighted by Crippen LogP contribution is 2.32. The molecule has 0 fully saturated rings. The molecule has 2 aromatic heterocycles. The van der Waals surface area contributed by atoms with Gasteiger partial charge in [-0.2, -0.15) is 0 Å². The highest BCUT2D eigenvalue weighted by molar-refractivity contribution is 7.98. The molecule has 5 nitrogen and oxygen atoms in total. The average molecular weight is 357 g/mol. The number of hydrogen-bond acceptors (Lipinski definition) is 5. The third kappa shape index (κ3) is 3.72. The molecule has 0 spiro atoms. The van der Waals surface area contributed by atoms with Crippen molar-refractivity contribution < 1.29 is 17.9 Å². The van der Waals surface area contributed by atoms with Crippen LogP contribution in [-0.2, 0) is 18.6 Å². The van der Waals surface area contributed by atoms with E-state index >= 15 is 0 Å². The van der Waals surface area contributed by atoms with Crippen molar-refractivity contribution in [3.63, 3.8) is 0 Å². The number of fused-ring (bicyclic) bond motifs is 1. The van der Waals surface area contributed by atoms with Crippen LogP contribution < -0.4 is 10.3 Å². The molecule has 3 rings (SSSR count). The quantitative estimate of drug-likeness (QED) is 0.672. The van der Waals surface area contributed by atoms with E-state index in [2.05, 4.69) is 19.7 Å². The van der Waals surface area contributed by atoms with Crippen LogP contribution in [0.2, 0.25) is 0 Å². The number of aromatic nitrogens is 3.